The number of hydrogen-bond donors (Lipinski definition) is 1. The van der Waals surface area contributed by atoms with E-state index in [1.165, 1.54) is 11.1 Å². The first-order valence-corrected chi connectivity index (χ1v) is 4.97. The molecule has 0 aliphatic heterocycles. The molecule has 0 amide bonds. The summed E-state index contributed by atoms with van der Waals surface area (Å²) in [5.41, 5.74) is 8.61. The summed E-state index contributed by atoms with van der Waals surface area (Å²) in [5, 5.41) is 4.29. The van der Waals surface area contributed by atoms with Crippen LogP contribution in [0.1, 0.15) is 18.4 Å². The molecule has 0 bridgehead atoms. The van der Waals surface area contributed by atoms with Crippen molar-refractivity contribution in [3.05, 3.63) is 36.2 Å². The van der Waals surface area contributed by atoms with Crippen molar-refractivity contribution in [2.45, 2.75) is 24.8 Å². The van der Waals surface area contributed by atoms with Crippen LogP contribution in [0.2, 0.25) is 0 Å². The van der Waals surface area contributed by atoms with E-state index < -0.39 is 0 Å². The average molecular weight is 187 g/mol. The van der Waals surface area contributed by atoms with Crippen LogP contribution in [0.25, 0.3) is 5.52 Å². The lowest BCUT2D eigenvalue weighted by Gasteiger charge is -2.05. The van der Waals surface area contributed by atoms with Gasteiger partial charge in [0.1, 0.15) is 0 Å². The van der Waals surface area contributed by atoms with E-state index in [1.54, 1.807) is 0 Å². The minimum Gasteiger partial charge on any atom is -0.325 e. The zero-order chi connectivity index (χ0) is 9.60. The van der Waals surface area contributed by atoms with Gasteiger partial charge in [0.05, 0.1) is 11.7 Å². The Balaban J connectivity index is 2.04. The lowest BCUT2D eigenvalue weighted by atomic mass is 10.1. The second-order valence-electron chi connectivity index (χ2n) is 4.24. The first-order chi connectivity index (χ1) is 6.77. The van der Waals surface area contributed by atoms with E-state index in [4.69, 9.17) is 5.73 Å². The standard InChI is InChI=1S/C11H13N3/c12-11(4-5-11)7-9-8-13-14-6-2-1-3-10(9)14/h1-3,6,8H,4-5,7,12H2. The van der Waals surface area contributed by atoms with Crippen molar-refractivity contribution < 1.29 is 0 Å². The van der Waals surface area contributed by atoms with Gasteiger partial charge in [0.15, 0.2) is 0 Å². The largest absolute Gasteiger partial charge is 0.325 e. The Kier molecular flexibility index (Phi) is 1.47. The summed E-state index contributed by atoms with van der Waals surface area (Å²) >= 11 is 0. The Hall–Kier alpha value is -1.35. The van der Waals surface area contributed by atoms with Gasteiger partial charge in [-0.3, -0.25) is 0 Å². The van der Waals surface area contributed by atoms with Gasteiger partial charge in [-0.15, -0.1) is 0 Å². The molecule has 0 unspecified atom stereocenters. The summed E-state index contributed by atoms with van der Waals surface area (Å²) in [6.07, 6.45) is 7.16. The van der Waals surface area contributed by atoms with Gasteiger partial charge in [-0.05, 0) is 37.0 Å². The number of nitrogens with zero attached hydrogens (tertiary/aromatic N) is 2. The summed E-state index contributed by atoms with van der Waals surface area (Å²) in [5.74, 6) is 0. The molecule has 2 aromatic rings. The summed E-state index contributed by atoms with van der Waals surface area (Å²) in [4.78, 5) is 0. The van der Waals surface area contributed by atoms with Crippen molar-refractivity contribution in [2.75, 3.05) is 0 Å². The van der Waals surface area contributed by atoms with Crippen LogP contribution in [0, 0.1) is 0 Å². The van der Waals surface area contributed by atoms with Crippen LogP contribution in [0.4, 0.5) is 0 Å². The van der Waals surface area contributed by atoms with E-state index in [9.17, 15) is 0 Å². The Bertz CT molecular complexity index is 468. The average Bonchev–Trinajstić information content (AvgIpc) is 2.77. The summed E-state index contributed by atoms with van der Waals surface area (Å²) in [6.45, 7) is 0. The van der Waals surface area contributed by atoms with Crippen LogP contribution in [0.3, 0.4) is 0 Å². The minimum absolute atomic E-state index is 0.0688. The fourth-order valence-corrected chi connectivity index (χ4v) is 1.84. The van der Waals surface area contributed by atoms with Gasteiger partial charge in [0.2, 0.25) is 0 Å². The first kappa shape index (κ1) is 8.00. The van der Waals surface area contributed by atoms with Crippen molar-refractivity contribution in [3.63, 3.8) is 0 Å². The van der Waals surface area contributed by atoms with E-state index in [1.807, 2.05) is 29.0 Å². The molecule has 14 heavy (non-hydrogen) atoms. The smallest absolute Gasteiger partial charge is 0.0694 e. The molecule has 3 nitrogen and oxygen atoms in total. The molecule has 3 rings (SSSR count). The van der Waals surface area contributed by atoms with Crippen LogP contribution >= 0.6 is 0 Å². The van der Waals surface area contributed by atoms with Crippen molar-refractivity contribution in [2.24, 2.45) is 5.73 Å². The number of rotatable bonds is 2. The molecule has 1 fully saturated rings. The summed E-state index contributed by atoms with van der Waals surface area (Å²) in [6, 6.07) is 6.11. The Labute approximate surface area is 82.5 Å². The molecule has 0 atom stereocenters. The fraction of sp³-hybridized carbons (Fsp3) is 0.364. The second-order valence-corrected chi connectivity index (χ2v) is 4.24. The Morgan fingerprint density at radius 2 is 2.29 bits per heavy atom. The van der Waals surface area contributed by atoms with Crippen LogP contribution in [-0.2, 0) is 6.42 Å². The summed E-state index contributed by atoms with van der Waals surface area (Å²) < 4.78 is 1.90. The van der Waals surface area contributed by atoms with Crippen LogP contribution in [-0.4, -0.2) is 15.2 Å². The highest BCUT2D eigenvalue weighted by atomic mass is 15.2. The quantitative estimate of drug-likeness (QED) is 0.771. The molecule has 1 saturated carbocycles. The Morgan fingerprint density at radius 3 is 3.07 bits per heavy atom. The molecule has 0 aromatic carbocycles. The topological polar surface area (TPSA) is 43.3 Å². The number of hydrogen-bond acceptors (Lipinski definition) is 2. The van der Waals surface area contributed by atoms with E-state index >= 15 is 0 Å². The lowest BCUT2D eigenvalue weighted by molar-refractivity contribution is 0.675. The normalized spacial score (nSPS) is 18.6. The molecule has 0 spiro atoms. The highest BCUT2D eigenvalue weighted by Crippen LogP contribution is 2.36. The SMILES string of the molecule is NC1(Cc2cnn3ccccc23)CC1. The van der Waals surface area contributed by atoms with Gasteiger partial charge in [-0.2, -0.15) is 5.10 Å². The zero-order valence-corrected chi connectivity index (χ0v) is 7.98. The summed E-state index contributed by atoms with van der Waals surface area (Å²) in [7, 11) is 0. The second kappa shape index (κ2) is 2.58. The van der Waals surface area contributed by atoms with E-state index in [0.717, 1.165) is 19.3 Å². The highest BCUT2D eigenvalue weighted by molar-refractivity contribution is 5.54. The molecule has 1 aliphatic carbocycles. The van der Waals surface area contributed by atoms with Gasteiger partial charge < -0.3 is 5.73 Å². The third-order valence-corrected chi connectivity index (χ3v) is 2.94. The monoisotopic (exact) mass is 187 g/mol. The van der Waals surface area contributed by atoms with Crippen LogP contribution in [0.15, 0.2) is 30.6 Å². The highest BCUT2D eigenvalue weighted by Gasteiger charge is 2.38. The van der Waals surface area contributed by atoms with E-state index in [-0.39, 0.29) is 5.54 Å². The number of nitrogens with two attached hydrogens (primary N) is 1. The van der Waals surface area contributed by atoms with E-state index in [0.29, 0.717) is 0 Å². The molecule has 72 valence electrons. The molecule has 2 N–H and O–H groups in total. The maximum atomic E-state index is 6.09. The lowest BCUT2D eigenvalue weighted by Crippen LogP contribution is -2.24. The van der Waals surface area contributed by atoms with Crippen molar-refractivity contribution in [1.82, 2.24) is 9.61 Å². The predicted molar refractivity (Wildman–Crippen MR) is 55.0 cm³/mol. The van der Waals surface area contributed by atoms with E-state index in [2.05, 4.69) is 11.2 Å². The van der Waals surface area contributed by atoms with Gasteiger partial charge in [-0.25, -0.2) is 4.52 Å². The van der Waals surface area contributed by atoms with Crippen molar-refractivity contribution in [1.29, 1.82) is 0 Å². The van der Waals surface area contributed by atoms with Crippen LogP contribution in [0.5, 0.6) is 0 Å². The third-order valence-electron chi connectivity index (χ3n) is 2.94. The fourth-order valence-electron chi connectivity index (χ4n) is 1.84. The number of fused-ring (bicyclic) bond motifs is 1. The van der Waals surface area contributed by atoms with Gasteiger partial charge in [0, 0.05) is 11.7 Å². The maximum Gasteiger partial charge on any atom is 0.0694 e. The van der Waals surface area contributed by atoms with Gasteiger partial charge in [-0.1, -0.05) is 6.07 Å². The minimum atomic E-state index is 0.0688. The van der Waals surface area contributed by atoms with Crippen molar-refractivity contribution >= 4 is 5.52 Å². The number of aromatic nitrogens is 2. The zero-order valence-electron chi connectivity index (χ0n) is 7.98. The molecular formula is C11H13N3. The predicted octanol–water partition coefficient (Wildman–Crippen LogP) is 1.37. The molecule has 2 heterocycles. The van der Waals surface area contributed by atoms with Crippen LogP contribution < -0.4 is 5.73 Å². The third kappa shape index (κ3) is 1.21. The molecule has 0 saturated heterocycles. The molecule has 3 heteroatoms. The number of pyridine rings is 1. The Morgan fingerprint density at radius 1 is 1.43 bits per heavy atom. The molecular weight excluding hydrogens is 174 g/mol. The van der Waals surface area contributed by atoms with Gasteiger partial charge >= 0.3 is 0 Å². The van der Waals surface area contributed by atoms with Gasteiger partial charge in [0.25, 0.3) is 0 Å². The molecule has 0 radical (unpaired) electrons. The molecule has 1 aliphatic rings. The first-order valence-electron chi connectivity index (χ1n) is 4.97. The molecule has 2 aromatic heterocycles. The maximum absolute atomic E-state index is 6.09. The van der Waals surface area contributed by atoms with Crippen molar-refractivity contribution in [3.8, 4) is 0 Å².